The second-order valence-electron chi connectivity index (χ2n) is 7.92. The highest BCUT2D eigenvalue weighted by molar-refractivity contribution is 5.98. The molecule has 6 nitrogen and oxygen atoms in total. The molecular formula is C25H22F2N4O2. The van der Waals surface area contributed by atoms with Gasteiger partial charge in [0.25, 0.3) is 5.91 Å². The average molecular weight is 454 g/mol. The van der Waals surface area contributed by atoms with Crippen LogP contribution in [0.25, 0.3) is 22.0 Å². The number of amides is 1. The van der Waals surface area contributed by atoms with Crippen molar-refractivity contribution in [1.82, 2.24) is 19.7 Å². The minimum atomic E-state index is -2.62. The third kappa shape index (κ3) is 3.61. The molecule has 0 unspecified atom stereocenters. The first kappa shape index (κ1) is 15.9. The summed E-state index contributed by atoms with van der Waals surface area (Å²) >= 11 is 0. The number of fused-ring (bicyclic) bond motifs is 2. The predicted molar refractivity (Wildman–Crippen MR) is 120 cm³/mol. The zero-order chi connectivity index (χ0) is 27.6. The van der Waals surface area contributed by atoms with Gasteiger partial charge >= 0.3 is 0 Å². The molecule has 2 aromatic carbocycles. The Bertz CT molecular complexity index is 1560. The lowest BCUT2D eigenvalue weighted by Gasteiger charge is -2.17. The molecule has 2 aromatic heterocycles. The van der Waals surface area contributed by atoms with Crippen LogP contribution >= 0.6 is 0 Å². The zero-order valence-electron chi connectivity index (χ0n) is 22.8. The van der Waals surface area contributed by atoms with Crippen molar-refractivity contribution in [3.05, 3.63) is 77.2 Å². The SMILES string of the molecule is [2H]C1([2H])c2ncccc2C(=O)N1Cc1c(F)cc(-c2ccc(OC(C)C)c3c2cnn3C([2H])([2H])[2H])cc1F. The first-order valence-corrected chi connectivity index (χ1v) is 10.2. The molecule has 4 aromatic rings. The number of hydrogen-bond acceptors (Lipinski definition) is 4. The van der Waals surface area contributed by atoms with Crippen molar-refractivity contribution in [2.45, 2.75) is 33.0 Å². The topological polar surface area (TPSA) is 60.3 Å². The summed E-state index contributed by atoms with van der Waals surface area (Å²) in [4.78, 5) is 17.5. The fourth-order valence-corrected chi connectivity index (χ4v) is 3.88. The number of pyridine rings is 1. The van der Waals surface area contributed by atoms with Gasteiger partial charge in [0, 0.05) is 28.2 Å². The van der Waals surface area contributed by atoms with Gasteiger partial charge in [0.1, 0.15) is 22.9 Å². The second-order valence-corrected chi connectivity index (χ2v) is 7.92. The Kier molecular flexibility index (Phi) is 3.83. The number of carbonyl (C=O) groups excluding carboxylic acids is 1. The third-order valence-corrected chi connectivity index (χ3v) is 5.35. The van der Waals surface area contributed by atoms with Crippen LogP contribution in [0.1, 0.15) is 42.3 Å². The summed E-state index contributed by atoms with van der Waals surface area (Å²) in [5, 5.41) is 4.31. The van der Waals surface area contributed by atoms with Gasteiger partial charge in [-0.2, -0.15) is 5.10 Å². The molecule has 1 aliphatic heterocycles. The van der Waals surface area contributed by atoms with Gasteiger partial charge in [-0.05, 0) is 61.4 Å². The highest BCUT2D eigenvalue weighted by atomic mass is 19.1. The van der Waals surface area contributed by atoms with E-state index in [9.17, 15) is 4.79 Å². The Morgan fingerprint density at radius 2 is 2.00 bits per heavy atom. The molecule has 168 valence electrons. The summed E-state index contributed by atoms with van der Waals surface area (Å²) in [7, 11) is 0. The number of aromatic nitrogens is 3. The molecular weight excluding hydrogens is 426 g/mol. The predicted octanol–water partition coefficient (Wildman–Crippen LogP) is 4.86. The fraction of sp³-hybridized carbons (Fsp3) is 0.240. The maximum absolute atomic E-state index is 15.4. The van der Waals surface area contributed by atoms with Gasteiger partial charge in [-0.3, -0.25) is 14.5 Å². The van der Waals surface area contributed by atoms with Crippen LogP contribution in [0.15, 0.2) is 48.8 Å². The molecule has 33 heavy (non-hydrogen) atoms. The lowest BCUT2D eigenvalue weighted by molar-refractivity contribution is 0.0763. The molecule has 0 aliphatic carbocycles. The zero-order valence-corrected chi connectivity index (χ0v) is 17.8. The lowest BCUT2D eigenvalue weighted by atomic mass is 9.99. The molecule has 5 rings (SSSR count). The highest BCUT2D eigenvalue weighted by Gasteiger charge is 2.29. The monoisotopic (exact) mass is 453 g/mol. The quantitative estimate of drug-likeness (QED) is 0.433. The number of benzene rings is 2. The Morgan fingerprint density at radius 1 is 1.21 bits per heavy atom. The van der Waals surface area contributed by atoms with E-state index in [1.54, 1.807) is 19.9 Å². The first-order chi connectivity index (χ1) is 17.8. The molecule has 0 bridgehead atoms. The molecule has 0 spiro atoms. The minimum Gasteiger partial charge on any atom is -0.489 e. The van der Waals surface area contributed by atoms with Crippen molar-refractivity contribution in [1.29, 1.82) is 0 Å². The van der Waals surface area contributed by atoms with Crippen LogP contribution in [0.4, 0.5) is 8.78 Å². The maximum Gasteiger partial charge on any atom is 0.256 e. The van der Waals surface area contributed by atoms with Crippen molar-refractivity contribution < 1.29 is 25.2 Å². The van der Waals surface area contributed by atoms with E-state index in [1.165, 1.54) is 30.6 Å². The molecule has 0 saturated carbocycles. The van der Waals surface area contributed by atoms with Gasteiger partial charge in [0.05, 0.1) is 39.3 Å². The molecule has 8 heteroatoms. The molecule has 1 amide bonds. The van der Waals surface area contributed by atoms with Crippen molar-refractivity contribution in [2.75, 3.05) is 0 Å². The van der Waals surface area contributed by atoms with Gasteiger partial charge in [0.15, 0.2) is 0 Å². The van der Waals surface area contributed by atoms with Gasteiger partial charge in [-0.15, -0.1) is 0 Å². The van der Waals surface area contributed by atoms with Crippen LogP contribution in [0.2, 0.25) is 0 Å². The summed E-state index contributed by atoms with van der Waals surface area (Å²) in [5.41, 5.74) is 0.0121. The third-order valence-electron chi connectivity index (χ3n) is 5.35. The van der Waals surface area contributed by atoms with Crippen molar-refractivity contribution in [3.63, 3.8) is 0 Å². The van der Waals surface area contributed by atoms with Crippen molar-refractivity contribution in [2.24, 2.45) is 6.98 Å². The molecule has 0 saturated heterocycles. The number of aryl methyl sites for hydroxylation is 1. The van der Waals surface area contributed by atoms with Crippen molar-refractivity contribution >= 4 is 16.8 Å². The Balaban J connectivity index is 1.57. The summed E-state index contributed by atoms with van der Waals surface area (Å²) < 4.78 is 77.4. The Hall–Kier alpha value is -3.81. The van der Waals surface area contributed by atoms with E-state index in [-0.39, 0.29) is 34.2 Å². The molecule has 1 aliphatic rings. The van der Waals surface area contributed by atoms with Gasteiger partial charge in [0.2, 0.25) is 0 Å². The minimum absolute atomic E-state index is 0.0345. The van der Waals surface area contributed by atoms with E-state index in [4.69, 9.17) is 11.6 Å². The van der Waals surface area contributed by atoms with Crippen LogP contribution in [0, 0.1) is 11.6 Å². The summed E-state index contributed by atoms with van der Waals surface area (Å²) in [5.74, 6) is -2.45. The standard InChI is InChI=1S/C25H22F2N4O2/c1-14(2)33-23-7-6-16(18-11-29-30(3)24(18)23)15-9-20(26)19(21(27)10-15)12-31-13-22-17(25(31)32)5-4-8-28-22/h4-11,14H,12-13H2,1-3H3/i3D3,13D2. The van der Waals surface area contributed by atoms with Crippen LogP contribution in [0.5, 0.6) is 5.75 Å². The molecule has 3 heterocycles. The van der Waals surface area contributed by atoms with E-state index in [0.29, 0.717) is 10.9 Å². The van der Waals surface area contributed by atoms with Crippen LogP contribution in [0.3, 0.4) is 0 Å². The second kappa shape index (κ2) is 7.95. The number of halogens is 2. The molecule has 0 fully saturated rings. The van der Waals surface area contributed by atoms with Gasteiger partial charge in [-0.25, -0.2) is 8.78 Å². The van der Waals surface area contributed by atoms with Gasteiger partial charge in [-0.1, -0.05) is 0 Å². The summed E-state index contributed by atoms with van der Waals surface area (Å²) in [6.45, 7) is -2.08. The smallest absolute Gasteiger partial charge is 0.256 e. The van der Waals surface area contributed by atoms with E-state index in [1.807, 2.05) is 0 Å². The van der Waals surface area contributed by atoms with Crippen molar-refractivity contribution in [3.8, 4) is 16.9 Å². The fourth-order valence-electron chi connectivity index (χ4n) is 3.88. The van der Waals surface area contributed by atoms with Crippen LogP contribution < -0.4 is 4.74 Å². The number of carbonyl (C=O) groups is 1. The Morgan fingerprint density at radius 3 is 2.70 bits per heavy atom. The first-order valence-electron chi connectivity index (χ1n) is 12.7. The number of rotatable bonds is 5. The molecule has 0 N–H and O–H groups in total. The normalized spacial score (nSPS) is 17.4. The summed E-state index contributed by atoms with van der Waals surface area (Å²) in [6, 6.07) is 8.10. The van der Waals surface area contributed by atoms with E-state index in [2.05, 4.69) is 10.1 Å². The Labute approximate surface area is 196 Å². The maximum atomic E-state index is 15.4. The van der Waals surface area contributed by atoms with E-state index < -0.39 is 43.1 Å². The number of nitrogens with zero attached hydrogens (tertiary/aromatic N) is 4. The number of hydrogen-bond donors (Lipinski definition) is 0. The lowest BCUT2D eigenvalue weighted by Crippen LogP contribution is -2.24. The molecule has 0 atom stereocenters. The van der Waals surface area contributed by atoms with Gasteiger partial charge < -0.3 is 9.64 Å². The summed E-state index contributed by atoms with van der Waals surface area (Å²) in [6.07, 6.45) is 2.37. The number of ether oxygens (including phenoxy) is 1. The molecule has 0 radical (unpaired) electrons. The average Bonchev–Trinajstić information content (AvgIpc) is 3.36. The highest BCUT2D eigenvalue weighted by Crippen LogP contribution is 2.36. The van der Waals surface area contributed by atoms with Crippen LogP contribution in [-0.2, 0) is 20.0 Å². The van der Waals surface area contributed by atoms with E-state index in [0.717, 1.165) is 21.7 Å². The largest absolute Gasteiger partial charge is 0.489 e. The van der Waals surface area contributed by atoms with Crippen LogP contribution in [-0.4, -0.2) is 31.7 Å². The van der Waals surface area contributed by atoms with E-state index >= 15 is 8.78 Å².